The van der Waals surface area contributed by atoms with Gasteiger partial charge in [0, 0.05) is 12.6 Å². The van der Waals surface area contributed by atoms with E-state index in [1.54, 1.807) is 0 Å². The van der Waals surface area contributed by atoms with E-state index in [0.717, 1.165) is 18.2 Å². The van der Waals surface area contributed by atoms with Gasteiger partial charge in [0.1, 0.15) is 0 Å². The molecule has 0 aliphatic heterocycles. The van der Waals surface area contributed by atoms with Crippen LogP contribution >= 0.6 is 11.7 Å². The minimum atomic E-state index is 0.695. The highest BCUT2D eigenvalue weighted by Crippen LogP contribution is 2.23. The van der Waals surface area contributed by atoms with Crippen LogP contribution in [-0.4, -0.2) is 14.8 Å². The molecule has 2 rings (SSSR count). The van der Waals surface area contributed by atoms with Gasteiger partial charge < -0.3 is 5.32 Å². The van der Waals surface area contributed by atoms with Crippen molar-refractivity contribution in [2.45, 2.75) is 45.2 Å². The Morgan fingerprint density at radius 1 is 1.57 bits per heavy atom. The van der Waals surface area contributed by atoms with Crippen LogP contribution in [0, 0.1) is 5.92 Å². The molecule has 1 saturated carbocycles. The third kappa shape index (κ3) is 2.75. The van der Waals surface area contributed by atoms with Gasteiger partial charge in [-0.25, -0.2) is 0 Å². The van der Waals surface area contributed by atoms with Crippen molar-refractivity contribution < 1.29 is 0 Å². The normalized spacial score (nSPS) is 27.8. The molecule has 0 aromatic carbocycles. The van der Waals surface area contributed by atoms with Gasteiger partial charge >= 0.3 is 0 Å². The Morgan fingerprint density at radius 2 is 2.50 bits per heavy atom. The van der Waals surface area contributed by atoms with Gasteiger partial charge in [0.2, 0.25) is 0 Å². The maximum atomic E-state index is 4.19. The van der Waals surface area contributed by atoms with Gasteiger partial charge in [-0.1, -0.05) is 19.8 Å². The summed E-state index contributed by atoms with van der Waals surface area (Å²) in [6, 6.07) is 0.695. The van der Waals surface area contributed by atoms with E-state index in [2.05, 4.69) is 21.0 Å². The quantitative estimate of drug-likeness (QED) is 0.833. The molecule has 1 aromatic heterocycles. The van der Waals surface area contributed by atoms with Crippen molar-refractivity contribution in [1.82, 2.24) is 14.1 Å². The zero-order valence-corrected chi connectivity index (χ0v) is 9.39. The van der Waals surface area contributed by atoms with E-state index in [-0.39, 0.29) is 0 Å². The fourth-order valence-electron chi connectivity index (χ4n) is 2.13. The Labute approximate surface area is 89.3 Å². The summed E-state index contributed by atoms with van der Waals surface area (Å²) in [5, 5.41) is 3.56. The molecule has 1 aliphatic carbocycles. The van der Waals surface area contributed by atoms with Crippen LogP contribution < -0.4 is 5.32 Å². The molecule has 14 heavy (non-hydrogen) atoms. The van der Waals surface area contributed by atoms with Gasteiger partial charge in [-0.15, -0.1) is 0 Å². The van der Waals surface area contributed by atoms with Crippen LogP contribution in [0.25, 0.3) is 0 Å². The average molecular weight is 211 g/mol. The molecule has 0 amide bonds. The summed E-state index contributed by atoms with van der Waals surface area (Å²) in [5.74, 6) is 0.884. The monoisotopic (exact) mass is 211 g/mol. The Morgan fingerprint density at radius 3 is 3.21 bits per heavy atom. The van der Waals surface area contributed by atoms with Crippen molar-refractivity contribution in [2.75, 3.05) is 0 Å². The van der Waals surface area contributed by atoms with Crippen molar-refractivity contribution in [3.05, 3.63) is 11.9 Å². The molecule has 0 saturated heterocycles. The first-order valence-electron chi connectivity index (χ1n) is 5.34. The number of nitrogens with one attached hydrogen (secondary N) is 1. The molecule has 0 radical (unpaired) electrons. The fourth-order valence-corrected chi connectivity index (χ4v) is 2.56. The average Bonchev–Trinajstić information content (AvgIpc) is 2.67. The molecule has 3 nitrogen and oxygen atoms in total. The van der Waals surface area contributed by atoms with E-state index in [1.165, 1.54) is 37.4 Å². The first kappa shape index (κ1) is 10.1. The van der Waals surface area contributed by atoms with Gasteiger partial charge in [0.15, 0.2) is 0 Å². The van der Waals surface area contributed by atoms with Crippen molar-refractivity contribution >= 4 is 11.7 Å². The summed E-state index contributed by atoms with van der Waals surface area (Å²) in [4.78, 5) is 0. The number of hydrogen-bond donors (Lipinski definition) is 1. The lowest BCUT2D eigenvalue weighted by molar-refractivity contribution is 0.300. The van der Waals surface area contributed by atoms with E-state index < -0.39 is 0 Å². The number of nitrogens with zero attached hydrogens (tertiary/aromatic N) is 2. The van der Waals surface area contributed by atoms with Gasteiger partial charge in [-0.3, -0.25) is 0 Å². The van der Waals surface area contributed by atoms with Crippen LogP contribution in [0.15, 0.2) is 6.20 Å². The third-order valence-electron chi connectivity index (χ3n) is 2.92. The minimum Gasteiger partial charge on any atom is -0.308 e. The summed E-state index contributed by atoms with van der Waals surface area (Å²) < 4.78 is 8.18. The van der Waals surface area contributed by atoms with E-state index >= 15 is 0 Å². The lowest BCUT2D eigenvalue weighted by Gasteiger charge is -2.27. The SMILES string of the molecule is CC1CCCC(NCc2cnsn2)C1. The molecule has 1 fully saturated rings. The highest BCUT2D eigenvalue weighted by molar-refractivity contribution is 6.99. The second kappa shape index (κ2) is 4.84. The van der Waals surface area contributed by atoms with E-state index in [9.17, 15) is 0 Å². The van der Waals surface area contributed by atoms with Crippen LogP contribution in [0.4, 0.5) is 0 Å². The molecular weight excluding hydrogens is 194 g/mol. The first-order valence-corrected chi connectivity index (χ1v) is 6.07. The predicted molar refractivity (Wildman–Crippen MR) is 58.2 cm³/mol. The van der Waals surface area contributed by atoms with Crippen LogP contribution in [0.3, 0.4) is 0 Å². The Bertz CT molecular complexity index is 260. The summed E-state index contributed by atoms with van der Waals surface area (Å²) in [6.07, 6.45) is 7.26. The topological polar surface area (TPSA) is 37.8 Å². The van der Waals surface area contributed by atoms with Crippen LogP contribution in [0.1, 0.15) is 38.3 Å². The van der Waals surface area contributed by atoms with Gasteiger partial charge in [-0.05, 0) is 18.8 Å². The molecule has 0 bridgehead atoms. The molecular formula is C10H17N3S. The van der Waals surface area contributed by atoms with Crippen molar-refractivity contribution in [2.24, 2.45) is 5.92 Å². The molecule has 4 heteroatoms. The maximum Gasteiger partial charge on any atom is 0.0880 e. The smallest absolute Gasteiger partial charge is 0.0880 e. The summed E-state index contributed by atoms with van der Waals surface area (Å²) in [6.45, 7) is 3.23. The Kier molecular flexibility index (Phi) is 3.48. The van der Waals surface area contributed by atoms with Gasteiger partial charge in [0.25, 0.3) is 0 Å². The third-order valence-corrected chi connectivity index (χ3v) is 3.43. The van der Waals surface area contributed by atoms with Crippen molar-refractivity contribution in [3.63, 3.8) is 0 Å². The second-order valence-corrected chi connectivity index (χ2v) is 4.81. The molecule has 2 atom stereocenters. The molecule has 78 valence electrons. The second-order valence-electron chi connectivity index (χ2n) is 4.25. The minimum absolute atomic E-state index is 0.695. The van der Waals surface area contributed by atoms with Crippen LogP contribution in [0.2, 0.25) is 0 Å². The molecule has 1 aromatic rings. The van der Waals surface area contributed by atoms with Crippen molar-refractivity contribution in [1.29, 1.82) is 0 Å². The summed E-state index contributed by atoms with van der Waals surface area (Å²) >= 11 is 1.29. The lowest BCUT2D eigenvalue weighted by Crippen LogP contribution is -2.33. The van der Waals surface area contributed by atoms with Gasteiger partial charge in [-0.2, -0.15) is 8.75 Å². The molecule has 2 unspecified atom stereocenters. The lowest BCUT2D eigenvalue weighted by atomic mass is 9.87. The first-order chi connectivity index (χ1) is 6.84. The standard InChI is InChI=1S/C10H17N3S/c1-8-3-2-4-9(5-8)11-6-10-7-12-14-13-10/h7-9,11H,2-6H2,1H3. The predicted octanol–water partition coefficient (Wildman–Crippen LogP) is 2.21. The summed E-state index contributed by atoms with van der Waals surface area (Å²) in [5.41, 5.74) is 1.08. The zero-order valence-electron chi connectivity index (χ0n) is 8.57. The van der Waals surface area contributed by atoms with E-state index in [1.807, 2.05) is 6.20 Å². The Hall–Kier alpha value is -0.480. The van der Waals surface area contributed by atoms with Gasteiger partial charge in [0.05, 0.1) is 23.6 Å². The zero-order chi connectivity index (χ0) is 9.80. The number of aromatic nitrogens is 2. The van der Waals surface area contributed by atoms with Crippen molar-refractivity contribution in [3.8, 4) is 0 Å². The van der Waals surface area contributed by atoms with E-state index in [4.69, 9.17) is 0 Å². The highest BCUT2D eigenvalue weighted by atomic mass is 32.1. The van der Waals surface area contributed by atoms with Crippen LogP contribution in [0.5, 0.6) is 0 Å². The molecule has 1 aliphatic rings. The molecule has 1 N–H and O–H groups in total. The van der Waals surface area contributed by atoms with E-state index in [0.29, 0.717) is 6.04 Å². The molecule has 0 spiro atoms. The number of hydrogen-bond acceptors (Lipinski definition) is 4. The largest absolute Gasteiger partial charge is 0.308 e. The highest BCUT2D eigenvalue weighted by Gasteiger charge is 2.18. The fraction of sp³-hybridized carbons (Fsp3) is 0.800. The Balaban J connectivity index is 1.75. The van der Waals surface area contributed by atoms with Crippen LogP contribution in [-0.2, 0) is 6.54 Å². The summed E-state index contributed by atoms with van der Waals surface area (Å²) in [7, 11) is 0. The molecule has 1 heterocycles. The number of rotatable bonds is 3. The maximum absolute atomic E-state index is 4.19.